The fourth-order valence-electron chi connectivity index (χ4n) is 11.3. The Morgan fingerprint density at radius 3 is 1.32 bits per heavy atom. The summed E-state index contributed by atoms with van der Waals surface area (Å²) in [6.45, 7) is 35.7. The van der Waals surface area contributed by atoms with Crippen molar-refractivity contribution in [1.82, 2.24) is 89.0 Å². The highest BCUT2D eigenvalue weighted by Gasteiger charge is 2.15. The van der Waals surface area contributed by atoms with Gasteiger partial charge in [0.2, 0.25) is 34.8 Å². The van der Waals surface area contributed by atoms with Gasteiger partial charge in [0, 0.05) is 111 Å². The number of nitrogens with two attached hydrogens (primary N) is 2. The van der Waals surface area contributed by atoms with Crippen molar-refractivity contribution in [2.24, 2.45) is 5.73 Å². The fourth-order valence-corrected chi connectivity index (χ4v) is 12.1. The molecule has 0 aliphatic heterocycles. The van der Waals surface area contributed by atoms with Crippen LogP contribution in [0.5, 0.6) is 23.5 Å². The van der Waals surface area contributed by atoms with E-state index in [2.05, 4.69) is 204 Å². The number of benzene rings is 2. The largest absolute Gasteiger partial charge is 0.481 e. The van der Waals surface area contributed by atoms with E-state index in [9.17, 15) is 4.79 Å². The maximum Gasteiger partial charge on any atom is 0.248 e. The van der Waals surface area contributed by atoms with Crippen molar-refractivity contribution in [2.45, 2.75) is 129 Å². The number of methoxy groups -OCH3 is 4. The number of thiol groups is 1. The van der Waals surface area contributed by atoms with Crippen LogP contribution in [0.1, 0.15) is 101 Å². The van der Waals surface area contributed by atoms with Crippen LogP contribution in [-0.2, 0) is 39.3 Å². The number of halogens is 4. The Bertz CT molecular complexity index is 5430. The SMILES string of the molecule is COc1cc(C)c(Br)c(C)n1.COc1cc(C)c(CN)c(C)n1.COc1cc(C)c(CNc2ncnc3nn(Cc4ccc(Cn5cccn5)cc4)cc23)c(C)n1.CS.Cc1cc(=O)[nH]c(C)c1Br.Cc1cc(N)nc(C)c1Br.Clc1ncnc2nn(Cc3ccc(Cn4cccn4)cc3)cc12.[B]C.[C-]#[N+]c1c(C)cc(OC)nc1C. The van der Waals surface area contributed by atoms with Gasteiger partial charge in [-0.3, -0.25) is 23.5 Å². The molecular formula is C83H97BBr3ClN22O5S. The zero-order valence-corrected chi connectivity index (χ0v) is 74.8. The lowest BCUT2D eigenvalue weighted by molar-refractivity contribution is 0.396. The number of ether oxygens (including phenoxy) is 4. The molecule has 0 saturated heterocycles. The monoisotopic (exact) mass is 1800 g/mol. The molecule has 0 saturated carbocycles. The molecule has 14 aromatic rings. The minimum atomic E-state index is -0.0433. The number of rotatable bonds is 16. The second-order valence-corrected chi connectivity index (χ2v) is 28.4. The third-order valence-corrected chi connectivity index (χ3v) is 21.1. The van der Waals surface area contributed by atoms with Crippen LogP contribution < -0.4 is 41.3 Å². The highest BCUT2D eigenvalue weighted by atomic mass is 79.9. The van der Waals surface area contributed by atoms with Gasteiger partial charge in [-0.1, -0.05) is 67.0 Å². The Balaban J connectivity index is 0.000000222. The number of H-pyrrole nitrogens is 1. The van der Waals surface area contributed by atoms with Gasteiger partial charge in [0.05, 0.1) is 91.2 Å². The average Bonchev–Trinajstić information content (AvgIpc) is 1.62. The summed E-state index contributed by atoms with van der Waals surface area (Å²) in [5, 5.41) is 23.1. The molecule has 27 nitrogen and oxygen atoms in total. The number of nitrogens with one attached hydrogen (secondary N) is 2. The van der Waals surface area contributed by atoms with Crippen molar-refractivity contribution in [3.63, 3.8) is 0 Å². The highest BCUT2D eigenvalue weighted by Crippen LogP contribution is 2.28. The summed E-state index contributed by atoms with van der Waals surface area (Å²) >= 11 is 19.7. The van der Waals surface area contributed by atoms with Gasteiger partial charge in [0.1, 0.15) is 29.4 Å². The maximum absolute atomic E-state index is 10.8. The number of hydrogen-bond donors (Lipinski definition) is 5. The lowest BCUT2D eigenvalue weighted by Crippen LogP contribution is -2.07. The van der Waals surface area contributed by atoms with E-state index in [0.717, 1.165) is 133 Å². The molecule has 12 heterocycles. The summed E-state index contributed by atoms with van der Waals surface area (Å²) in [5.41, 5.74) is 31.7. The normalized spacial score (nSPS) is 10.2. The third kappa shape index (κ3) is 27.9. The second-order valence-electron chi connectivity index (χ2n) is 25.6. The molecule has 14 rings (SSSR count). The van der Waals surface area contributed by atoms with Crippen LogP contribution in [0.2, 0.25) is 12.0 Å². The molecule has 6 N–H and O–H groups in total. The number of aromatic amines is 1. The number of fused-ring (bicyclic) bond motifs is 2. The van der Waals surface area contributed by atoms with E-state index in [-0.39, 0.29) is 5.56 Å². The molecule has 33 heteroatoms. The number of nitrogens with zero attached hydrogens (tertiary/aromatic N) is 18. The summed E-state index contributed by atoms with van der Waals surface area (Å²) in [7, 11) is 10.9. The molecular weight excluding hydrogens is 1700 g/mol. The van der Waals surface area contributed by atoms with E-state index < -0.39 is 0 Å². The van der Waals surface area contributed by atoms with Crippen molar-refractivity contribution in [1.29, 1.82) is 0 Å². The van der Waals surface area contributed by atoms with Crippen LogP contribution in [0.4, 0.5) is 17.3 Å². The quantitative estimate of drug-likeness (QED) is 0.0260. The van der Waals surface area contributed by atoms with Crippen LogP contribution in [0, 0.1) is 89.7 Å². The van der Waals surface area contributed by atoms with Gasteiger partial charge in [-0.15, -0.1) is 0 Å². The van der Waals surface area contributed by atoms with E-state index in [4.69, 9.17) is 48.6 Å². The van der Waals surface area contributed by atoms with E-state index in [1.54, 1.807) is 59.2 Å². The molecule has 2 radical (unpaired) electrons. The second kappa shape index (κ2) is 47.2. The van der Waals surface area contributed by atoms with Crippen molar-refractivity contribution in [3.8, 4) is 23.5 Å². The van der Waals surface area contributed by atoms with Crippen molar-refractivity contribution >= 4 is 119 Å². The van der Waals surface area contributed by atoms with Gasteiger partial charge in [0.15, 0.2) is 11.3 Å². The molecule has 606 valence electrons. The van der Waals surface area contributed by atoms with Gasteiger partial charge in [-0.05, 0) is 228 Å². The van der Waals surface area contributed by atoms with Crippen molar-refractivity contribution in [2.75, 3.05) is 45.7 Å². The van der Waals surface area contributed by atoms with Crippen LogP contribution in [0.3, 0.4) is 0 Å². The molecule has 2 aromatic carbocycles. The number of pyridine rings is 6. The molecule has 0 spiro atoms. The molecule has 0 amide bonds. The molecule has 0 fully saturated rings. The first-order valence-electron chi connectivity index (χ1n) is 36.0. The first-order chi connectivity index (χ1) is 55.6. The summed E-state index contributed by atoms with van der Waals surface area (Å²) in [6.07, 6.45) is 16.0. The van der Waals surface area contributed by atoms with Crippen LogP contribution in [0.15, 0.2) is 165 Å². The van der Waals surface area contributed by atoms with E-state index >= 15 is 0 Å². The standard InChI is InChI=1S/C25H26N8O.C16H13ClN6.C9H10N2O.C9H14N2O.C8H10BrNO.C7H9BrN2.C7H8BrNO.CH3B.CH4S/c1-17-11-23(34-3)30-18(2)21(17)12-26-24-22-15-33(31-25(22)28-16-27-24)14-20-7-5-19(6-8-20)13-32-10-4-9-29-32;17-15-14-10-23(21-16(14)19-11-18-15)9-13-4-2-12(3-5-13)8-22-7-1-6-20-22;1-6-5-8(12-4)11-7(2)9(6)10-3;1-6-4-9(12-3)11-7(2)8(6)5-10;1-5-4-7(11-3)10-6(2)8(5)9;1-4-3-6(9)10-5(2)7(4)8;1-4-3-6(10)9-5(2)7(4)8;2*1-2/h4-11,15-16H,12-14H2,1-3H3,(H,26,27,28,31);1-7,10-11H,8-9H2;5H,1-2,4H3;4H,5,10H2,1-3H3;4H,1-3H3;3H,1-2H3,(H2,9,10);3H,1-2H3,(H,9,10);1H3;2H,1H3. The zero-order valence-electron chi connectivity index (χ0n) is 68.4. The van der Waals surface area contributed by atoms with Crippen LogP contribution in [-0.4, -0.2) is 132 Å². The lowest BCUT2D eigenvalue weighted by atomic mass is 10.1. The summed E-state index contributed by atoms with van der Waals surface area (Å²) < 4.78 is 30.9. The summed E-state index contributed by atoms with van der Waals surface area (Å²) in [5.74, 6) is 3.85. The highest BCUT2D eigenvalue weighted by molar-refractivity contribution is 9.11. The molecule has 0 aliphatic carbocycles. The summed E-state index contributed by atoms with van der Waals surface area (Å²) in [6, 6.07) is 31.7. The van der Waals surface area contributed by atoms with Crippen molar-refractivity contribution < 1.29 is 18.9 Å². The topological polar surface area (TPSA) is 325 Å². The molecule has 12 aromatic heterocycles. The number of nitrogen functional groups attached to an aromatic ring is 1. The Labute approximate surface area is 714 Å². The van der Waals surface area contributed by atoms with E-state index in [1.807, 2.05) is 156 Å². The van der Waals surface area contributed by atoms with E-state index in [1.165, 1.54) is 30.6 Å². The van der Waals surface area contributed by atoms with E-state index in [0.29, 0.717) is 77.7 Å². The van der Waals surface area contributed by atoms with Crippen LogP contribution >= 0.6 is 72.0 Å². The van der Waals surface area contributed by atoms with Gasteiger partial charge < -0.3 is 40.7 Å². The van der Waals surface area contributed by atoms with Gasteiger partial charge >= 0.3 is 0 Å². The Hall–Kier alpha value is -10.9. The minimum Gasteiger partial charge on any atom is -0.481 e. The average molecular weight is 1800 g/mol. The number of aryl methyl sites for hydroxylation is 12. The number of aromatic nitrogens is 18. The first-order valence-corrected chi connectivity index (χ1v) is 39.7. The minimum absolute atomic E-state index is 0.0433. The predicted molar refractivity (Wildman–Crippen MR) is 476 cm³/mol. The molecule has 0 unspecified atom stereocenters. The Kier molecular flexibility index (Phi) is 38.2. The van der Waals surface area contributed by atoms with Crippen molar-refractivity contribution in [3.05, 3.63) is 288 Å². The maximum atomic E-state index is 10.8. The number of anilines is 2. The zero-order chi connectivity index (χ0) is 85.3. The van der Waals surface area contributed by atoms with Gasteiger partial charge in [-0.25, -0.2) is 49.7 Å². The third-order valence-electron chi connectivity index (χ3n) is 17.1. The van der Waals surface area contributed by atoms with Gasteiger partial charge in [-0.2, -0.15) is 33.0 Å². The lowest BCUT2D eigenvalue weighted by Gasteiger charge is -2.12. The molecule has 0 bridgehead atoms. The predicted octanol–water partition coefficient (Wildman–Crippen LogP) is 17.0. The fraction of sp³-hybridized carbons (Fsp3) is 0.289. The molecule has 0 aliphatic rings. The molecule has 116 heavy (non-hydrogen) atoms. The smallest absolute Gasteiger partial charge is 0.248 e. The molecule has 0 atom stereocenters. The van der Waals surface area contributed by atoms with Gasteiger partial charge in [0.25, 0.3) is 0 Å². The Morgan fingerprint density at radius 1 is 0.517 bits per heavy atom. The number of hydrogen-bond acceptors (Lipinski definition) is 22. The first kappa shape index (κ1) is 93.9. The van der Waals surface area contributed by atoms with Crippen LogP contribution in [0.25, 0.3) is 26.9 Å². The summed E-state index contributed by atoms with van der Waals surface area (Å²) in [4.78, 5) is 54.8. The Morgan fingerprint density at radius 2 is 0.914 bits per heavy atom.